The lowest BCUT2D eigenvalue weighted by Crippen LogP contribution is -2.01. The Kier molecular flexibility index (Phi) is 3.47. The summed E-state index contributed by atoms with van der Waals surface area (Å²) in [6.45, 7) is 3.69. The molecule has 0 radical (unpaired) electrons. The third-order valence-corrected chi connectivity index (χ3v) is 3.96. The summed E-state index contributed by atoms with van der Waals surface area (Å²) in [6, 6.07) is 9.82. The van der Waals surface area contributed by atoms with Gasteiger partial charge in [0.1, 0.15) is 11.6 Å². The van der Waals surface area contributed by atoms with Gasteiger partial charge >= 0.3 is 0 Å². The van der Waals surface area contributed by atoms with E-state index >= 15 is 0 Å². The average Bonchev–Trinajstić information content (AvgIpc) is 2.82. The van der Waals surface area contributed by atoms with Crippen LogP contribution in [0.4, 0.5) is 5.82 Å². The van der Waals surface area contributed by atoms with Crippen molar-refractivity contribution in [2.75, 3.05) is 5.73 Å². The molecule has 0 bridgehead atoms. The maximum Gasteiger partial charge on any atom is 0.167 e. The fourth-order valence-electron chi connectivity index (χ4n) is 2.17. The number of anilines is 1. The molecule has 0 saturated carbocycles. The zero-order chi connectivity index (χ0) is 15.0. The van der Waals surface area contributed by atoms with Crippen molar-refractivity contribution in [2.24, 2.45) is 0 Å². The van der Waals surface area contributed by atoms with Crippen LogP contribution in [0.3, 0.4) is 0 Å². The van der Waals surface area contributed by atoms with Crippen molar-refractivity contribution in [3.8, 4) is 22.6 Å². The molecule has 21 heavy (non-hydrogen) atoms. The lowest BCUT2D eigenvalue weighted by atomic mass is 10.1. The van der Waals surface area contributed by atoms with Crippen LogP contribution in [0, 0.1) is 13.8 Å². The first kappa shape index (κ1) is 13.8. The van der Waals surface area contributed by atoms with Gasteiger partial charge < -0.3 is 10.3 Å². The largest absolute Gasteiger partial charge is 0.383 e. The first-order valence-electron chi connectivity index (χ1n) is 6.39. The summed E-state index contributed by atoms with van der Waals surface area (Å²) in [7, 11) is 0. The van der Waals surface area contributed by atoms with Crippen molar-refractivity contribution in [3.05, 3.63) is 46.3 Å². The minimum Gasteiger partial charge on any atom is -0.383 e. The molecule has 2 heterocycles. The number of halogens is 1. The van der Waals surface area contributed by atoms with E-state index in [1.165, 1.54) is 0 Å². The van der Waals surface area contributed by atoms with Crippen LogP contribution >= 0.6 is 15.9 Å². The van der Waals surface area contributed by atoms with Crippen LogP contribution in [-0.2, 0) is 0 Å². The molecule has 3 aromatic rings. The highest BCUT2D eigenvalue weighted by Crippen LogP contribution is 2.33. The Labute approximate surface area is 130 Å². The molecule has 0 saturated heterocycles. The van der Waals surface area contributed by atoms with Crippen LogP contribution < -0.4 is 5.73 Å². The summed E-state index contributed by atoms with van der Waals surface area (Å²) in [5.74, 6) is 1.58. The number of aromatic nitrogens is 3. The molecule has 0 aliphatic rings. The van der Waals surface area contributed by atoms with Crippen LogP contribution in [-0.4, -0.2) is 15.1 Å². The predicted octanol–water partition coefficient (Wildman–Crippen LogP) is 3.76. The van der Waals surface area contributed by atoms with Crippen molar-refractivity contribution < 1.29 is 4.52 Å². The average molecular weight is 345 g/mol. The maximum absolute atomic E-state index is 6.02. The highest BCUT2D eigenvalue weighted by molar-refractivity contribution is 9.10. The summed E-state index contributed by atoms with van der Waals surface area (Å²) < 4.78 is 5.87. The second kappa shape index (κ2) is 5.29. The van der Waals surface area contributed by atoms with E-state index in [4.69, 9.17) is 10.3 Å². The highest BCUT2D eigenvalue weighted by Gasteiger charge is 2.18. The quantitative estimate of drug-likeness (QED) is 0.765. The molecule has 6 heteroatoms. The molecular formula is C15H13BrN4O. The topological polar surface area (TPSA) is 77.8 Å². The van der Waals surface area contributed by atoms with Gasteiger partial charge in [-0.15, -0.1) is 0 Å². The van der Waals surface area contributed by atoms with Crippen LogP contribution in [0.1, 0.15) is 11.5 Å². The summed E-state index contributed by atoms with van der Waals surface area (Å²) in [6.07, 6.45) is 0. The molecule has 0 atom stereocenters. The second-order valence-electron chi connectivity index (χ2n) is 4.66. The van der Waals surface area contributed by atoms with Gasteiger partial charge in [0.25, 0.3) is 0 Å². The third-order valence-electron chi connectivity index (χ3n) is 3.18. The molecule has 2 N–H and O–H groups in total. The van der Waals surface area contributed by atoms with E-state index in [9.17, 15) is 0 Å². The lowest BCUT2D eigenvalue weighted by Gasteiger charge is -2.09. The fraction of sp³-hybridized carbons (Fsp3) is 0.133. The fourth-order valence-corrected chi connectivity index (χ4v) is 2.57. The number of rotatable bonds is 2. The van der Waals surface area contributed by atoms with Crippen molar-refractivity contribution in [1.82, 2.24) is 15.1 Å². The van der Waals surface area contributed by atoms with Crippen molar-refractivity contribution >= 4 is 21.7 Å². The Balaban J connectivity index is 2.24. The van der Waals surface area contributed by atoms with E-state index in [1.807, 2.05) is 44.2 Å². The van der Waals surface area contributed by atoms with Crippen LogP contribution in [0.2, 0.25) is 0 Å². The van der Waals surface area contributed by atoms with Gasteiger partial charge in [-0.25, -0.2) is 9.97 Å². The molecule has 0 spiro atoms. The van der Waals surface area contributed by atoms with E-state index in [-0.39, 0.29) is 0 Å². The third kappa shape index (κ3) is 2.42. The zero-order valence-electron chi connectivity index (χ0n) is 11.6. The predicted molar refractivity (Wildman–Crippen MR) is 84.6 cm³/mol. The van der Waals surface area contributed by atoms with Gasteiger partial charge in [-0.05, 0) is 29.8 Å². The maximum atomic E-state index is 6.02. The summed E-state index contributed by atoms with van der Waals surface area (Å²) in [5, 5.41) is 3.94. The van der Waals surface area contributed by atoms with E-state index in [0.29, 0.717) is 21.9 Å². The van der Waals surface area contributed by atoms with E-state index in [1.54, 1.807) is 0 Å². The van der Waals surface area contributed by atoms with E-state index in [0.717, 1.165) is 22.5 Å². The molecule has 3 rings (SSSR count). The van der Waals surface area contributed by atoms with Gasteiger partial charge in [0.2, 0.25) is 0 Å². The van der Waals surface area contributed by atoms with Crippen molar-refractivity contribution in [3.63, 3.8) is 0 Å². The SMILES string of the molecule is Cc1noc(C)c1-c1nc(N)c(Br)c(-c2ccccc2)n1. The van der Waals surface area contributed by atoms with Crippen LogP contribution in [0.5, 0.6) is 0 Å². The van der Waals surface area contributed by atoms with Crippen molar-refractivity contribution in [2.45, 2.75) is 13.8 Å². The van der Waals surface area contributed by atoms with Gasteiger partial charge in [-0.1, -0.05) is 35.5 Å². The van der Waals surface area contributed by atoms with Crippen LogP contribution in [0.25, 0.3) is 22.6 Å². The van der Waals surface area contributed by atoms with E-state index < -0.39 is 0 Å². The van der Waals surface area contributed by atoms with Gasteiger partial charge in [0.05, 0.1) is 21.4 Å². The minimum absolute atomic E-state index is 0.388. The molecule has 0 fully saturated rings. The molecule has 0 aliphatic carbocycles. The van der Waals surface area contributed by atoms with Crippen molar-refractivity contribution in [1.29, 1.82) is 0 Å². The minimum atomic E-state index is 0.388. The molecule has 0 amide bonds. The summed E-state index contributed by atoms with van der Waals surface area (Å²) in [5.41, 5.74) is 9.26. The Hall–Kier alpha value is -2.21. The monoisotopic (exact) mass is 344 g/mol. The van der Waals surface area contributed by atoms with Gasteiger partial charge in [-0.3, -0.25) is 0 Å². The van der Waals surface area contributed by atoms with Gasteiger partial charge in [0.15, 0.2) is 5.82 Å². The number of hydrogen-bond acceptors (Lipinski definition) is 5. The highest BCUT2D eigenvalue weighted by atomic mass is 79.9. The number of aryl methyl sites for hydroxylation is 2. The number of nitrogens with two attached hydrogens (primary N) is 1. The number of benzene rings is 1. The second-order valence-corrected chi connectivity index (χ2v) is 5.45. The normalized spacial score (nSPS) is 10.8. The molecule has 0 aliphatic heterocycles. The van der Waals surface area contributed by atoms with Gasteiger partial charge in [-0.2, -0.15) is 0 Å². The molecule has 2 aromatic heterocycles. The Morgan fingerprint density at radius 2 is 1.81 bits per heavy atom. The summed E-state index contributed by atoms with van der Waals surface area (Å²) in [4.78, 5) is 8.97. The smallest absolute Gasteiger partial charge is 0.167 e. The number of nitrogen functional groups attached to an aromatic ring is 1. The Morgan fingerprint density at radius 1 is 1.10 bits per heavy atom. The summed E-state index contributed by atoms with van der Waals surface area (Å²) >= 11 is 3.46. The molecule has 0 unspecified atom stereocenters. The molecule has 1 aromatic carbocycles. The molecule has 5 nitrogen and oxygen atoms in total. The van der Waals surface area contributed by atoms with E-state index in [2.05, 4.69) is 31.1 Å². The van der Waals surface area contributed by atoms with Gasteiger partial charge in [0, 0.05) is 5.56 Å². The first-order valence-corrected chi connectivity index (χ1v) is 7.19. The lowest BCUT2D eigenvalue weighted by molar-refractivity contribution is 0.393. The Bertz CT molecular complexity index is 779. The zero-order valence-corrected chi connectivity index (χ0v) is 13.2. The standard InChI is InChI=1S/C15H13BrN4O/c1-8-11(9(2)21-20-8)15-18-13(12(16)14(17)19-15)10-6-4-3-5-7-10/h3-7H,1-2H3,(H2,17,18,19). The molecular weight excluding hydrogens is 332 g/mol. The first-order chi connectivity index (χ1) is 10.1. The molecule has 106 valence electrons. The van der Waals surface area contributed by atoms with Crippen LogP contribution in [0.15, 0.2) is 39.3 Å². The number of hydrogen-bond donors (Lipinski definition) is 1. The Morgan fingerprint density at radius 3 is 2.43 bits per heavy atom. The number of nitrogens with zero attached hydrogens (tertiary/aromatic N) is 3.